The van der Waals surface area contributed by atoms with Crippen molar-refractivity contribution in [1.82, 2.24) is 10.2 Å². The van der Waals surface area contributed by atoms with Crippen molar-refractivity contribution in [3.05, 3.63) is 107 Å². The van der Waals surface area contributed by atoms with Gasteiger partial charge in [0, 0.05) is 6.54 Å². The summed E-state index contributed by atoms with van der Waals surface area (Å²) in [6.07, 6.45) is 4.22. The van der Waals surface area contributed by atoms with E-state index in [1.165, 1.54) is 11.1 Å². The third-order valence-corrected chi connectivity index (χ3v) is 7.36. The lowest BCUT2D eigenvalue weighted by Crippen LogP contribution is -2.49. The van der Waals surface area contributed by atoms with Gasteiger partial charge in [-0.25, -0.2) is 0 Å². The second-order valence-corrected chi connectivity index (χ2v) is 9.46. The summed E-state index contributed by atoms with van der Waals surface area (Å²) in [5.74, 6) is -0.101. The Bertz CT molecular complexity index is 994. The number of nitrogens with one attached hydrogen (secondary N) is 1. The molecule has 0 aliphatic carbocycles. The van der Waals surface area contributed by atoms with E-state index in [0.717, 1.165) is 63.0 Å². The topological polar surface area (TPSA) is 58.4 Å². The molecule has 3 aromatic rings. The zero-order valence-electron chi connectivity index (χ0n) is 20.2. The number of primary amides is 1. The number of hydrogen-bond acceptors (Lipinski definition) is 3. The third kappa shape index (κ3) is 5.24. The van der Waals surface area contributed by atoms with Crippen LogP contribution in [0.15, 0.2) is 84.9 Å². The number of carbonyl (C=O) groups excluding carboxylic acids is 1. The van der Waals surface area contributed by atoms with E-state index in [4.69, 9.17) is 5.73 Å². The molecule has 0 bridgehead atoms. The average molecular weight is 456 g/mol. The van der Waals surface area contributed by atoms with Gasteiger partial charge in [-0.3, -0.25) is 4.79 Å². The first-order valence-electron chi connectivity index (χ1n) is 12.5. The second-order valence-electron chi connectivity index (χ2n) is 9.46. The average Bonchev–Trinajstić information content (AvgIpc) is 3.34. The molecule has 1 heterocycles. The van der Waals surface area contributed by atoms with Crippen LogP contribution in [0.4, 0.5) is 0 Å². The number of likely N-dealkylation sites (N-methyl/N-ethyl adjacent to an activating group) is 1. The summed E-state index contributed by atoms with van der Waals surface area (Å²) in [5, 5.41) is 3.20. The Balaban J connectivity index is 1.44. The maximum atomic E-state index is 13.2. The molecule has 1 amide bonds. The highest BCUT2D eigenvalue weighted by Gasteiger charge is 2.49. The van der Waals surface area contributed by atoms with E-state index >= 15 is 0 Å². The van der Waals surface area contributed by atoms with Crippen molar-refractivity contribution >= 4 is 5.91 Å². The minimum Gasteiger partial charge on any atom is -0.369 e. The smallest absolute Gasteiger partial charge is 0.232 e. The summed E-state index contributed by atoms with van der Waals surface area (Å²) < 4.78 is 0. The predicted octanol–water partition coefficient (Wildman–Crippen LogP) is 4.17. The predicted molar refractivity (Wildman–Crippen MR) is 140 cm³/mol. The number of nitrogens with zero attached hydrogens (tertiary/aromatic N) is 1. The first-order chi connectivity index (χ1) is 16.6. The van der Waals surface area contributed by atoms with Gasteiger partial charge in [0.2, 0.25) is 5.91 Å². The number of nitrogens with two attached hydrogens (primary N) is 1. The Morgan fingerprint density at radius 3 is 2.00 bits per heavy atom. The number of hydrogen-bond donors (Lipinski definition) is 2. The Labute approximate surface area is 204 Å². The number of benzene rings is 3. The zero-order chi connectivity index (χ0) is 23.8. The molecule has 3 aromatic carbocycles. The molecule has 0 spiro atoms. The van der Waals surface area contributed by atoms with Crippen molar-refractivity contribution in [1.29, 1.82) is 0 Å². The largest absolute Gasteiger partial charge is 0.369 e. The maximum absolute atomic E-state index is 13.2. The molecule has 0 saturated carbocycles. The quantitative estimate of drug-likeness (QED) is 0.456. The normalized spacial score (nSPS) is 16.6. The monoisotopic (exact) mass is 455 g/mol. The van der Waals surface area contributed by atoms with Crippen molar-refractivity contribution in [3.8, 4) is 0 Å². The van der Waals surface area contributed by atoms with E-state index in [1.54, 1.807) is 0 Å². The van der Waals surface area contributed by atoms with Crippen LogP contribution in [-0.4, -0.2) is 44.0 Å². The van der Waals surface area contributed by atoms with Crippen LogP contribution in [-0.2, 0) is 23.1 Å². The summed E-state index contributed by atoms with van der Waals surface area (Å²) in [7, 11) is 1.99. The van der Waals surface area contributed by atoms with E-state index < -0.39 is 5.41 Å². The summed E-state index contributed by atoms with van der Waals surface area (Å²) in [5.41, 5.74) is 10.2. The van der Waals surface area contributed by atoms with Crippen LogP contribution >= 0.6 is 0 Å². The van der Waals surface area contributed by atoms with Gasteiger partial charge >= 0.3 is 0 Å². The van der Waals surface area contributed by atoms with Crippen molar-refractivity contribution in [2.24, 2.45) is 11.7 Å². The number of aryl methyl sites for hydroxylation is 1. The van der Waals surface area contributed by atoms with Gasteiger partial charge in [0.15, 0.2) is 0 Å². The van der Waals surface area contributed by atoms with Gasteiger partial charge in [-0.05, 0) is 80.5 Å². The van der Waals surface area contributed by atoms with Crippen LogP contribution in [0, 0.1) is 5.92 Å². The number of likely N-dealkylation sites (tertiary alicyclic amines) is 1. The minimum absolute atomic E-state index is 0.154. The van der Waals surface area contributed by atoms with Gasteiger partial charge in [-0.2, -0.15) is 0 Å². The lowest BCUT2D eigenvalue weighted by atomic mass is 9.64. The Morgan fingerprint density at radius 1 is 0.912 bits per heavy atom. The molecule has 1 atom stereocenters. The first-order valence-corrected chi connectivity index (χ1v) is 12.5. The highest BCUT2D eigenvalue weighted by Crippen LogP contribution is 2.43. The van der Waals surface area contributed by atoms with E-state index in [9.17, 15) is 4.79 Å². The van der Waals surface area contributed by atoms with Crippen molar-refractivity contribution in [2.75, 3.05) is 33.2 Å². The van der Waals surface area contributed by atoms with E-state index in [2.05, 4.69) is 58.7 Å². The van der Waals surface area contributed by atoms with Crippen molar-refractivity contribution in [3.63, 3.8) is 0 Å². The molecule has 178 valence electrons. The Kier molecular flexibility index (Phi) is 8.15. The van der Waals surface area contributed by atoms with Gasteiger partial charge in [0.1, 0.15) is 5.41 Å². The molecule has 4 heteroatoms. The highest BCUT2D eigenvalue weighted by molar-refractivity contribution is 5.91. The zero-order valence-corrected chi connectivity index (χ0v) is 20.2. The Morgan fingerprint density at radius 2 is 1.47 bits per heavy atom. The molecule has 34 heavy (non-hydrogen) atoms. The molecule has 1 saturated heterocycles. The minimum atomic E-state index is -0.805. The number of rotatable bonds is 11. The fourth-order valence-electron chi connectivity index (χ4n) is 5.56. The molecule has 1 fully saturated rings. The standard InChI is InChI=1S/C30H37N3O/c1-32-20-18-25-16-14-24(15-17-25)9-8-21-33-22-19-28(23-33)30(29(31)34,26-10-4-2-5-11-26)27-12-6-3-7-13-27/h2-7,10-17,28,32H,8-9,18-23H2,1H3,(H2,31,34). The van der Waals surface area contributed by atoms with E-state index in [0.29, 0.717) is 0 Å². The highest BCUT2D eigenvalue weighted by atomic mass is 16.1. The van der Waals surface area contributed by atoms with Gasteiger partial charge in [-0.15, -0.1) is 0 Å². The van der Waals surface area contributed by atoms with E-state index in [1.807, 2.05) is 43.4 Å². The molecule has 1 aliphatic rings. The number of carbonyl (C=O) groups is 1. The third-order valence-electron chi connectivity index (χ3n) is 7.36. The van der Waals surface area contributed by atoms with Crippen LogP contribution in [0.1, 0.15) is 35.1 Å². The van der Waals surface area contributed by atoms with Gasteiger partial charge in [-0.1, -0.05) is 84.9 Å². The molecule has 3 N–H and O–H groups in total. The SMILES string of the molecule is CNCCc1ccc(CCCN2CCC(C(C(N)=O)(c3ccccc3)c3ccccc3)C2)cc1. The first kappa shape index (κ1) is 24.2. The molecular formula is C30H37N3O. The molecule has 0 radical (unpaired) electrons. The lowest BCUT2D eigenvalue weighted by Gasteiger charge is -2.37. The van der Waals surface area contributed by atoms with Crippen LogP contribution in [0.25, 0.3) is 0 Å². The van der Waals surface area contributed by atoms with Crippen LogP contribution in [0.3, 0.4) is 0 Å². The van der Waals surface area contributed by atoms with Gasteiger partial charge < -0.3 is 16.0 Å². The Hall–Kier alpha value is -2.95. The van der Waals surface area contributed by atoms with Crippen LogP contribution < -0.4 is 11.1 Å². The summed E-state index contributed by atoms with van der Waals surface area (Å²) in [6.45, 7) is 3.93. The van der Waals surface area contributed by atoms with Gasteiger partial charge in [0.25, 0.3) is 0 Å². The van der Waals surface area contributed by atoms with E-state index in [-0.39, 0.29) is 11.8 Å². The molecule has 4 rings (SSSR count). The lowest BCUT2D eigenvalue weighted by molar-refractivity contribution is -0.123. The second kappa shape index (κ2) is 11.5. The van der Waals surface area contributed by atoms with Crippen molar-refractivity contribution in [2.45, 2.75) is 31.1 Å². The molecular weight excluding hydrogens is 418 g/mol. The van der Waals surface area contributed by atoms with Crippen LogP contribution in [0.5, 0.6) is 0 Å². The summed E-state index contributed by atoms with van der Waals surface area (Å²) in [4.78, 5) is 15.7. The molecule has 4 nitrogen and oxygen atoms in total. The van der Waals surface area contributed by atoms with Gasteiger partial charge in [0.05, 0.1) is 0 Å². The maximum Gasteiger partial charge on any atom is 0.232 e. The summed E-state index contributed by atoms with van der Waals surface area (Å²) >= 11 is 0. The fourth-order valence-corrected chi connectivity index (χ4v) is 5.56. The molecule has 0 aromatic heterocycles. The van der Waals surface area contributed by atoms with Crippen molar-refractivity contribution < 1.29 is 4.79 Å². The van der Waals surface area contributed by atoms with Crippen LogP contribution in [0.2, 0.25) is 0 Å². The summed E-state index contributed by atoms with van der Waals surface area (Å²) in [6, 6.07) is 29.3. The molecule has 1 unspecified atom stereocenters. The number of amides is 1. The fraction of sp³-hybridized carbons (Fsp3) is 0.367. The molecule has 1 aliphatic heterocycles.